The standard InChI is InChI=1S/C16H25NO3/c1-12(17-8-9-20-11-13-4-5-13)14-6-7-15(18-2)16(10-14)19-3/h6-7,10,12-13,17H,4-5,8-9,11H2,1-3H3. The number of benzene rings is 1. The molecule has 1 aromatic rings. The molecule has 1 aromatic carbocycles. The van der Waals surface area contributed by atoms with E-state index in [0.717, 1.165) is 37.2 Å². The first-order valence-corrected chi connectivity index (χ1v) is 7.27. The van der Waals surface area contributed by atoms with Crippen LogP contribution in [-0.2, 0) is 4.74 Å². The van der Waals surface area contributed by atoms with Crippen molar-refractivity contribution in [3.63, 3.8) is 0 Å². The van der Waals surface area contributed by atoms with Crippen molar-refractivity contribution in [3.8, 4) is 11.5 Å². The summed E-state index contributed by atoms with van der Waals surface area (Å²) in [5.41, 5.74) is 1.19. The van der Waals surface area contributed by atoms with Crippen LogP contribution < -0.4 is 14.8 Å². The molecule has 0 amide bonds. The van der Waals surface area contributed by atoms with E-state index in [9.17, 15) is 0 Å². The lowest BCUT2D eigenvalue weighted by Crippen LogP contribution is -2.23. The minimum atomic E-state index is 0.263. The van der Waals surface area contributed by atoms with Crippen molar-refractivity contribution in [1.29, 1.82) is 0 Å². The molecule has 4 nitrogen and oxygen atoms in total. The molecule has 4 heteroatoms. The van der Waals surface area contributed by atoms with Gasteiger partial charge < -0.3 is 19.5 Å². The fraction of sp³-hybridized carbons (Fsp3) is 0.625. The van der Waals surface area contributed by atoms with Crippen molar-refractivity contribution in [3.05, 3.63) is 23.8 Å². The zero-order chi connectivity index (χ0) is 14.4. The molecular formula is C16H25NO3. The Labute approximate surface area is 121 Å². The molecule has 1 fully saturated rings. The summed E-state index contributed by atoms with van der Waals surface area (Å²) >= 11 is 0. The summed E-state index contributed by atoms with van der Waals surface area (Å²) in [6.07, 6.45) is 2.69. The van der Waals surface area contributed by atoms with E-state index in [1.807, 2.05) is 12.1 Å². The minimum Gasteiger partial charge on any atom is -0.493 e. The Balaban J connectivity index is 1.76. The van der Waals surface area contributed by atoms with Gasteiger partial charge in [0.2, 0.25) is 0 Å². The van der Waals surface area contributed by atoms with Gasteiger partial charge in [-0.2, -0.15) is 0 Å². The van der Waals surface area contributed by atoms with Crippen molar-refractivity contribution in [2.75, 3.05) is 34.0 Å². The van der Waals surface area contributed by atoms with Gasteiger partial charge in [-0.3, -0.25) is 0 Å². The Morgan fingerprint density at radius 3 is 2.60 bits per heavy atom. The van der Waals surface area contributed by atoms with Crippen LogP contribution in [-0.4, -0.2) is 34.0 Å². The lowest BCUT2D eigenvalue weighted by atomic mass is 10.1. The van der Waals surface area contributed by atoms with Gasteiger partial charge in [0.15, 0.2) is 11.5 Å². The van der Waals surface area contributed by atoms with Gasteiger partial charge in [0, 0.05) is 19.2 Å². The van der Waals surface area contributed by atoms with Gasteiger partial charge >= 0.3 is 0 Å². The molecule has 1 aliphatic rings. The van der Waals surface area contributed by atoms with Gasteiger partial charge in [-0.1, -0.05) is 6.07 Å². The summed E-state index contributed by atoms with van der Waals surface area (Å²) in [5, 5.41) is 3.46. The molecular weight excluding hydrogens is 254 g/mol. The number of ether oxygens (including phenoxy) is 3. The first kappa shape index (κ1) is 15.1. The van der Waals surface area contributed by atoms with Crippen molar-refractivity contribution < 1.29 is 14.2 Å². The summed E-state index contributed by atoms with van der Waals surface area (Å²) < 4.78 is 16.2. The fourth-order valence-electron chi connectivity index (χ4n) is 2.12. The van der Waals surface area contributed by atoms with E-state index in [0.29, 0.717) is 0 Å². The summed E-state index contributed by atoms with van der Waals surface area (Å²) in [7, 11) is 3.31. The molecule has 0 saturated heterocycles. The second-order valence-corrected chi connectivity index (χ2v) is 5.31. The van der Waals surface area contributed by atoms with Crippen molar-refractivity contribution in [2.45, 2.75) is 25.8 Å². The van der Waals surface area contributed by atoms with Gasteiger partial charge in [0.1, 0.15) is 0 Å². The highest BCUT2D eigenvalue weighted by molar-refractivity contribution is 5.43. The van der Waals surface area contributed by atoms with E-state index >= 15 is 0 Å². The molecule has 1 aliphatic carbocycles. The van der Waals surface area contributed by atoms with Crippen LogP contribution in [0.25, 0.3) is 0 Å². The monoisotopic (exact) mass is 279 g/mol. The Morgan fingerprint density at radius 2 is 1.95 bits per heavy atom. The highest BCUT2D eigenvalue weighted by Crippen LogP contribution is 2.30. The molecule has 1 N–H and O–H groups in total. The Kier molecular flexibility index (Phi) is 5.68. The summed E-state index contributed by atoms with van der Waals surface area (Å²) in [5.74, 6) is 2.36. The first-order chi connectivity index (χ1) is 9.74. The number of nitrogens with one attached hydrogen (secondary N) is 1. The van der Waals surface area contributed by atoms with Crippen molar-refractivity contribution >= 4 is 0 Å². The van der Waals surface area contributed by atoms with Crippen LogP contribution in [0.1, 0.15) is 31.4 Å². The molecule has 2 rings (SSSR count). The normalized spacial score (nSPS) is 15.9. The molecule has 20 heavy (non-hydrogen) atoms. The Morgan fingerprint density at radius 1 is 1.20 bits per heavy atom. The zero-order valence-corrected chi connectivity index (χ0v) is 12.6. The lowest BCUT2D eigenvalue weighted by Gasteiger charge is -2.16. The highest BCUT2D eigenvalue weighted by atomic mass is 16.5. The van der Waals surface area contributed by atoms with Crippen LogP contribution in [0.2, 0.25) is 0 Å². The largest absolute Gasteiger partial charge is 0.493 e. The molecule has 0 heterocycles. The molecule has 0 aliphatic heterocycles. The smallest absolute Gasteiger partial charge is 0.161 e. The minimum absolute atomic E-state index is 0.263. The van der Waals surface area contributed by atoms with Crippen molar-refractivity contribution in [2.24, 2.45) is 5.92 Å². The van der Waals surface area contributed by atoms with Crippen LogP contribution in [0.4, 0.5) is 0 Å². The van der Waals surface area contributed by atoms with Gasteiger partial charge in [0.25, 0.3) is 0 Å². The maximum absolute atomic E-state index is 5.62. The zero-order valence-electron chi connectivity index (χ0n) is 12.6. The van der Waals surface area contributed by atoms with E-state index < -0.39 is 0 Å². The third kappa shape index (κ3) is 4.39. The molecule has 1 atom stereocenters. The molecule has 1 saturated carbocycles. The summed E-state index contributed by atoms with van der Waals surface area (Å²) in [4.78, 5) is 0. The average Bonchev–Trinajstić information content (AvgIpc) is 3.30. The van der Waals surface area contributed by atoms with Crippen LogP contribution in [0, 0.1) is 5.92 Å². The summed E-state index contributed by atoms with van der Waals surface area (Å²) in [6, 6.07) is 6.28. The molecule has 0 radical (unpaired) electrons. The molecule has 0 spiro atoms. The highest BCUT2D eigenvalue weighted by Gasteiger charge is 2.20. The van der Waals surface area contributed by atoms with E-state index in [-0.39, 0.29) is 6.04 Å². The maximum atomic E-state index is 5.62. The Bertz CT molecular complexity index is 418. The quantitative estimate of drug-likeness (QED) is 0.706. The molecule has 0 bridgehead atoms. The maximum Gasteiger partial charge on any atom is 0.161 e. The average molecular weight is 279 g/mol. The van der Waals surface area contributed by atoms with Crippen LogP contribution in [0.5, 0.6) is 11.5 Å². The molecule has 1 unspecified atom stereocenters. The van der Waals surface area contributed by atoms with Crippen LogP contribution in [0.3, 0.4) is 0 Å². The van der Waals surface area contributed by atoms with Gasteiger partial charge in [-0.25, -0.2) is 0 Å². The number of methoxy groups -OCH3 is 2. The third-order valence-electron chi connectivity index (χ3n) is 3.65. The second-order valence-electron chi connectivity index (χ2n) is 5.31. The Hall–Kier alpha value is -1.26. The fourth-order valence-corrected chi connectivity index (χ4v) is 2.12. The van der Waals surface area contributed by atoms with Crippen LogP contribution >= 0.6 is 0 Å². The number of hydrogen-bond donors (Lipinski definition) is 1. The van der Waals surface area contributed by atoms with Gasteiger partial charge in [-0.05, 0) is 43.4 Å². The number of rotatable bonds is 9. The SMILES string of the molecule is COc1ccc(C(C)NCCOCC2CC2)cc1OC. The van der Waals surface area contributed by atoms with Crippen LogP contribution in [0.15, 0.2) is 18.2 Å². The van der Waals surface area contributed by atoms with Crippen molar-refractivity contribution in [1.82, 2.24) is 5.32 Å². The molecule has 0 aromatic heterocycles. The van der Waals surface area contributed by atoms with Gasteiger partial charge in [-0.15, -0.1) is 0 Å². The van der Waals surface area contributed by atoms with E-state index in [2.05, 4.69) is 18.3 Å². The second kappa shape index (κ2) is 7.50. The topological polar surface area (TPSA) is 39.7 Å². The van der Waals surface area contributed by atoms with Gasteiger partial charge in [0.05, 0.1) is 20.8 Å². The number of hydrogen-bond acceptors (Lipinski definition) is 4. The summed E-state index contributed by atoms with van der Waals surface area (Å²) in [6.45, 7) is 4.70. The lowest BCUT2D eigenvalue weighted by molar-refractivity contribution is 0.124. The predicted octanol–water partition coefficient (Wildman–Crippen LogP) is 2.78. The predicted molar refractivity (Wildman–Crippen MR) is 79.5 cm³/mol. The molecule has 112 valence electrons. The first-order valence-electron chi connectivity index (χ1n) is 7.27. The van der Waals surface area contributed by atoms with E-state index in [4.69, 9.17) is 14.2 Å². The van der Waals surface area contributed by atoms with E-state index in [1.165, 1.54) is 18.4 Å². The third-order valence-corrected chi connectivity index (χ3v) is 3.65. The van der Waals surface area contributed by atoms with E-state index in [1.54, 1.807) is 14.2 Å².